The van der Waals surface area contributed by atoms with Crippen LogP contribution in [0, 0.1) is 11.2 Å². The minimum absolute atomic E-state index is 0.0278. The van der Waals surface area contributed by atoms with Gasteiger partial charge < -0.3 is 14.3 Å². The lowest BCUT2D eigenvalue weighted by atomic mass is 9.99. The number of benzene rings is 1. The van der Waals surface area contributed by atoms with E-state index in [-0.39, 0.29) is 11.2 Å². The average Bonchev–Trinajstić information content (AvgIpc) is 2.46. The van der Waals surface area contributed by atoms with Crippen LogP contribution in [0.3, 0.4) is 0 Å². The molecule has 0 bridgehead atoms. The molecule has 1 aromatic rings. The molecule has 0 aliphatic carbocycles. The van der Waals surface area contributed by atoms with E-state index in [1.165, 1.54) is 12.1 Å². The maximum absolute atomic E-state index is 14.0. The Labute approximate surface area is 135 Å². The second-order valence-corrected chi connectivity index (χ2v) is 6.59. The molecule has 0 aromatic heterocycles. The molecule has 122 valence electrons. The summed E-state index contributed by atoms with van der Waals surface area (Å²) in [6.07, 6.45) is 1.50. The largest absolute Gasteiger partial charge is 0.493 e. The van der Waals surface area contributed by atoms with Gasteiger partial charge in [0.05, 0.1) is 11.5 Å². The summed E-state index contributed by atoms with van der Waals surface area (Å²) in [6, 6.07) is 4.78. The molecule has 6 heteroatoms. The monoisotopic (exact) mass is 326 g/mol. The molecule has 0 saturated carbocycles. The first-order valence-electron chi connectivity index (χ1n) is 7.03. The molecule has 1 aromatic carbocycles. The van der Waals surface area contributed by atoms with Crippen molar-refractivity contribution in [2.45, 2.75) is 32.6 Å². The van der Waals surface area contributed by atoms with Crippen LogP contribution in [0.15, 0.2) is 40.9 Å². The lowest BCUT2D eigenvalue weighted by molar-refractivity contribution is 0.158. The number of hydrogen-bond donors (Lipinski definition) is 1. The maximum atomic E-state index is 14.0. The van der Waals surface area contributed by atoms with E-state index in [0.29, 0.717) is 29.7 Å². The zero-order chi connectivity index (χ0) is 16.6. The molecule has 1 N–H and O–H groups in total. The van der Waals surface area contributed by atoms with Crippen molar-refractivity contribution in [1.29, 1.82) is 0 Å². The first-order valence-corrected chi connectivity index (χ1v) is 7.85. The molecule has 0 heterocycles. The van der Waals surface area contributed by atoms with Crippen molar-refractivity contribution in [3.8, 4) is 5.75 Å². The van der Waals surface area contributed by atoms with Crippen molar-refractivity contribution in [3.05, 3.63) is 36.7 Å². The Bertz CT molecular complexity index is 527. The first kappa shape index (κ1) is 18.4. The molecular formula is C16H23FN2O2S. The van der Waals surface area contributed by atoms with Gasteiger partial charge in [-0.2, -0.15) is 0 Å². The van der Waals surface area contributed by atoms with Gasteiger partial charge in [-0.25, -0.2) is 4.39 Å². The van der Waals surface area contributed by atoms with E-state index < -0.39 is 0 Å². The summed E-state index contributed by atoms with van der Waals surface area (Å²) < 4.78 is 22.5. The second-order valence-electron chi connectivity index (χ2n) is 5.74. The summed E-state index contributed by atoms with van der Waals surface area (Å²) in [5.74, 6) is 0.590. The normalized spacial score (nSPS) is 12.0. The Balaban J connectivity index is 2.64. The summed E-state index contributed by atoms with van der Waals surface area (Å²) in [6.45, 7) is 12.6. The molecule has 4 nitrogen and oxygen atoms in total. The quantitative estimate of drug-likeness (QED) is 0.349. The lowest BCUT2D eigenvalue weighted by Crippen LogP contribution is -2.17. The predicted molar refractivity (Wildman–Crippen MR) is 89.6 cm³/mol. The minimum atomic E-state index is -0.358. The smallest absolute Gasteiger partial charge is 0.175 e. The van der Waals surface area contributed by atoms with Gasteiger partial charge in [-0.3, -0.25) is 0 Å². The lowest BCUT2D eigenvalue weighted by Gasteiger charge is -2.19. The van der Waals surface area contributed by atoms with Crippen LogP contribution in [0.25, 0.3) is 0 Å². The second kappa shape index (κ2) is 8.68. The Morgan fingerprint density at radius 2 is 2.18 bits per heavy atom. The SMILES string of the molecule is C=C/C(=N\OCC)NSc1ccc(OCC(C)(C)C)cc1F. The van der Waals surface area contributed by atoms with Crippen molar-refractivity contribution in [1.82, 2.24) is 4.72 Å². The van der Waals surface area contributed by atoms with Crippen LogP contribution in [0.5, 0.6) is 5.75 Å². The third-order valence-corrected chi connectivity index (χ3v) is 3.19. The van der Waals surface area contributed by atoms with Crippen LogP contribution >= 0.6 is 11.9 Å². The summed E-state index contributed by atoms with van der Waals surface area (Å²) in [4.78, 5) is 5.35. The van der Waals surface area contributed by atoms with Gasteiger partial charge in [0.1, 0.15) is 18.2 Å². The minimum Gasteiger partial charge on any atom is -0.493 e. The van der Waals surface area contributed by atoms with Crippen molar-refractivity contribution in [3.63, 3.8) is 0 Å². The van der Waals surface area contributed by atoms with Crippen LogP contribution < -0.4 is 9.46 Å². The standard InChI is InChI=1S/C16H23FN2O2S/c1-6-15(18-21-7-2)19-22-14-9-8-12(10-13(14)17)20-11-16(3,4)5/h6,8-10H,1,7,11H2,2-5H3,(H,18,19). The number of nitrogens with one attached hydrogen (secondary N) is 1. The molecule has 0 saturated heterocycles. The number of hydrogen-bond acceptors (Lipinski definition) is 4. The number of nitrogens with zero attached hydrogens (tertiary/aromatic N) is 1. The van der Waals surface area contributed by atoms with Crippen molar-refractivity contribution in [2.75, 3.05) is 13.2 Å². The molecule has 22 heavy (non-hydrogen) atoms. The van der Waals surface area contributed by atoms with E-state index >= 15 is 0 Å². The fourth-order valence-corrected chi connectivity index (χ4v) is 1.92. The molecule has 0 aliphatic rings. The van der Waals surface area contributed by atoms with E-state index in [1.54, 1.807) is 12.1 Å². The molecule has 0 spiro atoms. The Hall–Kier alpha value is -1.69. The zero-order valence-electron chi connectivity index (χ0n) is 13.5. The van der Waals surface area contributed by atoms with E-state index in [9.17, 15) is 4.39 Å². The summed E-state index contributed by atoms with van der Waals surface area (Å²) in [7, 11) is 0. The van der Waals surface area contributed by atoms with Crippen molar-refractivity contribution >= 4 is 17.8 Å². The van der Waals surface area contributed by atoms with Gasteiger partial charge in [-0.15, -0.1) is 0 Å². The fourth-order valence-electron chi connectivity index (χ4n) is 1.29. The molecule has 0 aliphatic heterocycles. The summed E-state index contributed by atoms with van der Waals surface area (Å²) >= 11 is 1.10. The van der Waals surface area contributed by atoms with E-state index in [4.69, 9.17) is 9.57 Å². The zero-order valence-corrected chi connectivity index (χ0v) is 14.3. The van der Waals surface area contributed by atoms with Gasteiger partial charge in [-0.05, 0) is 42.5 Å². The molecule has 1 rings (SSSR count). The number of halogens is 1. The molecule has 0 atom stereocenters. The topological polar surface area (TPSA) is 42.8 Å². The fraction of sp³-hybridized carbons (Fsp3) is 0.438. The number of oxime groups is 1. The number of rotatable bonds is 7. The number of amidine groups is 1. The summed E-state index contributed by atoms with van der Waals surface area (Å²) in [5, 5.41) is 3.80. The molecule has 0 fully saturated rings. The average molecular weight is 326 g/mol. The van der Waals surface area contributed by atoms with E-state index in [2.05, 4.69) is 37.2 Å². The molecule has 0 unspecified atom stereocenters. The highest BCUT2D eigenvalue weighted by Gasteiger charge is 2.12. The van der Waals surface area contributed by atoms with Gasteiger partial charge in [0.2, 0.25) is 0 Å². The first-order chi connectivity index (χ1) is 10.4. The number of ether oxygens (including phenoxy) is 1. The molecule has 0 amide bonds. The van der Waals surface area contributed by atoms with Crippen LogP contribution in [-0.2, 0) is 4.84 Å². The van der Waals surface area contributed by atoms with Crippen molar-refractivity contribution in [2.24, 2.45) is 10.6 Å². The highest BCUT2D eigenvalue weighted by molar-refractivity contribution is 7.98. The molecular weight excluding hydrogens is 303 g/mol. The van der Waals surface area contributed by atoms with Crippen molar-refractivity contribution < 1.29 is 14.0 Å². The van der Waals surface area contributed by atoms with Gasteiger partial charge in [0.25, 0.3) is 0 Å². The van der Waals surface area contributed by atoms with Gasteiger partial charge in [-0.1, -0.05) is 32.5 Å². The predicted octanol–water partition coefficient (Wildman–Crippen LogP) is 4.38. The Morgan fingerprint density at radius 3 is 2.73 bits per heavy atom. The Morgan fingerprint density at radius 1 is 1.45 bits per heavy atom. The van der Waals surface area contributed by atoms with Gasteiger partial charge >= 0.3 is 0 Å². The van der Waals surface area contributed by atoms with E-state index in [0.717, 1.165) is 11.9 Å². The van der Waals surface area contributed by atoms with Gasteiger partial charge in [0, 0.05) is 6.07 Å². The van der Waals surface area contributed by atoms with Crippen LogP contribution in [0.2, 0.25) is 0 Å². The summed E-state index contributed by atoms with van der Waals surface area (Å²) in [5.41, 5.74) is 0.0278. The van der Waals surface area contributed by atoms with Crippen LogP contribution in [0.4, 0.5) is 4.39 Å². The van der Waals surface area contributed by atoms with E-state index in [1.807, 2.05) is 6.92 Å². The third-order valence-electron chi connectivity index (χ3n) is 2.33. The van der Waals surface area contributed by atoms with Gasteiger partial charge in [0.15, 0.2) is 5.84 Å². The van der Waals surface area contributed by atoms with Crippen LogP contribution in [-0.4, -0.2) is 19.0 Å². The molecule has 0 radical (unpaired) electrons. The van der Waals surface area contributed by atoms with Crippen LogP contribution in [0.1, 0.15) is 27.7 Å². The highest BCUT2D eigenvalue weighted by Crippen LogP contribution is 2.25. The third kappa shape index (κ3) is 6.85. The maximum Gasteiger partial charge on any atom is 0.175 e. The highest BCUT2D eigenvalue weighted by atomic mass is 32.2. The Kier molecular flexibility index (Phi) is 7.24.